The fourth-order valence-electron chi connectivity index (χ4n) is 2.14. The Bertz CT molecular complexity index is 133. The van der Waals surface area contributed by atoms with Gasteiger partial charge in [-0.15, -0.1) is 0 Å². The van der Waals surface area contributed by atoms with Gasteiger partial charge in [-0.05, 0) is 7.05 Å². The molecule has 0 aromatic rings. The van der Waals surface area contributed by atoms with E-state index in [0.29, 0.717) is 5.41 Å². The summed E-state index contributed by atoms with van der Waals surface area (Å²) in [5, 5.41) is 3.41. The molecular formula is C8H16N2O. The number of nitrogens with zero attached hydrogens (tertiary/aromatic N) is 1. The second-order valence-corrected chi connectivity index (χ2v) is 3.90. The van der Waals surface area contributed by atoms with Crippen molar-refractivity contribution in [2.24, 2.45) is 5.41 Å². The van der Waals surface area contributed by atoms with Crippen molar-refractivity contribution < 1.29 is 4.74 Å². The molecule has 1 spiro atoms. The lowest BCUT2D eigenvalue weighted by molar-refractivity contribution is -0.0361. The van der Waals surface area contributed by atoms with Crippen molar-refractivity contribution in [2.45, 2.75) is 0 Å². The summed E-state index contributed by atoms with van der Waals surface area (Å²) in [4.78, 5) is 2.34. The Morgan fingerprint density at radius 3 is 3.00 bits per heavy atom. The van der Waals surface area contributed by atoms with E-state index in [2.05, 4.69) is 17.3 Å². The van der Waals surface area contributed by atoms with Crippen LogP contribution in [0, 0.1) is 5.41 Å². The van der Waals surface area contributed by atoms with E-state index in [4.69, 9.17) is 4.74 Å². The molecule has 2 saturated heterocycles. The lowest BCUT2D eigenvalue weighted by Crippen LogP contribution is -2.60. The highest BCUT2D eigenvalue weighted by molar-refractivity contribution is 4.95. The van der Waals surface area contributed by atoms with Crippen molar-refractivity contribution in [1.82, 2.24) is 10.2 Å². The Labute approximate surface area is 67.7 Å². The highest BCUT2D eigenvalue weighted by Gasteiger charge is 2.41. The van der Waals surface area contributed by atoms with E-state index in [9.17, 15) is 0 Å². The minimum absolute atomic E-state index is 0.450. The first-order valence-corrected chi connectivity index (χ1v) is 4.28. The topological polar surface area (TPSA) is 24.5 Å². The fraction of sp³-hybridized carbons (Fsp3) is 1.00. The first-order chi connectivity index (χ1) is 5.31. The van der Waals surface area contributed by atoms with Crippen LogP contribution in [0.5, 0.6) is 0 Å². The number of rotatable bonds is 0. The third kappa shape index (κ3) is 1.41. The van der Waals surface area contributed by atoms with Crippen LogP contribution in [0.2, 0.25) is 0 Å². The van der Waals surface area contributed by atoms with Gasteiger partial charge in [-0.2, -0.15) is 0 Å². The second kappa shape index (κ2) is 2.73. The lowest BCUT2D eigenvalue weighted by atomic mass is 9.81. The summed E-state index contributed by atoms with van der Waals surface area (Å²) in [6.07, 6.45) is 0. The van der Waals surface area contributed by atoms with Gasteiger partial charge >= 0.3 is 0 Å². The van der Waals surface area contributed by atoms with Gasteiger partial charge in [0.15, 0.2) is 0 Å². The van der Waals surface area contributed by atoms with Crippen LogP contribution in [0.4, 0.5) is 0 Å². The molecule has 11 heavy (non-hydrogen) atoms. The van der Waals surface area contributed by atoms with E-state index < -0.39 is 0 Å². The highest BCUT2D eigenvalue weighted by atomic mass is 16.5. The number of ether oxygens (including phenoxy) is 1. The van der Waals surface area contributed by atoms with Gasteiger partial charge in [-0.25, -0.2) is 0 Å². The van der Waals surface area contributed by atoms with Gasteiger partial charge in [0.25, 0.3) is 0 Å². The van der Waals surface area contributed by atoms with E-state index in [-0.39, 0.29) is 0 Å². The zero-order valence-corrected chi connectivity index (χ0v) is 7.10. The molecule has 0 aromatic carbocycles. The molecule has 3 heteroatoms. The molecule has 2 aliphatic rings. The molecule has 0 unspecified atom stereocenters. The van der Waals surface area contributed by atoms with Gasteiger partial charge in [0.2, 0.25) is 0 Å². The highest BCUT2D eigenvalue weighted by Crippen LogP contribution is 2.29. The maximum absolute atomic E-state index is 5.51. The van der Waals surface area contributed by atoms with Gasteiger partial charge < -0.3 is 15.0 Å². The van der Waals surface area contributed by atoms with Crippen molar-refractivity contribution in [3.8, 4) is 0 Å². The Hall–Kier alpha value is -0.120. The van der Waals surface area contributed by atoms with Crippen molar-refractivity contribution in [2.75, 3.05) is 46.4 Å². The molecule has 0 amide bonds. The van der Waals surface area contributed by atoms with Crippen LogP contribution in [-0.4, -0.2) is 51.3 Å². The van der Waals surface area contributed by atoms with Crippen LogP contribution in [0.1, 0.15) is 0 Å². The summed E-state index contributed by atoms with van der Waals surface area (Å²) in [6.45, 7) is 6.37. The van der Waals surface area contributed by atoms with Crippen LogP contribution in [0.3, 0.4) is 0 Å². The Balaban J connectivity index is 1.91. The van der Waals surface area contributed by atoms with Crippen molar-refractivity contribution in [3.05, 3.63) is 0 Å². The van der Waals surface area contributed by atoms with Crippen LogP contribution < -0.4 is 5.32 Å². The van der Waals surface area contributed by atoms with Gasteiger partial charge in [0.05, 0.1) is 13.2 Å². The van der Waals surface area contributed by atoms with E-state index in [1.54, 1.807) is 0 Å². The van der Waals surface area contributed by atoms with Crippen molar-refractivity contribution >= 4 is 0 Å². The molecule has 2 aliphatic heterocycles. The summed E-state index contributed by atoms with van der Waals surface area (Å²) in [6, 6.07) is 0. The maximum atomic E-state index is 5.51. The standard InChI is InChI=1S/C8H16N2O/c1-10-5-8(6-10)4-9-2-3-11-7-8/h9H,2-7H2,1H3. The fourth-order valence-corrected chi connectivity index (χ4v) is 2.14. The second-order valence-electron chi connectivity index (χ2n) is 3.90. The zero-order valence-electron chi connectivity index (χ0n) is 7.10. The lowest BCUT2D eigenvalue weighted by Gasteiger charge is -2.47. The average molecular weight is 156 g/mol. The molecule has 2 heterocycles. The van der Waals surface area contributed by atoms with E-state index in [1.165, 1.54) is 13.1 Å². The average Bonchev–Trinajstić information content (AvgIpc) is 2.12. The van der Waals surface area contributed by atoms with E-state index in [0.717, 1.165) is 26.3 Å². The number of likely N-dealkylation sites (tertiary alicyclic amines) is 1. The molecule has 1 N–H and O–H groups in total. The third-order valence-corrected chi connectivity index (χ3v) is 2.54. The molecule has 0 saturated carbocycles. The van der Waals surface area contributed by atoms with Crippen LogP contribution in [-0.2, 0) is 4.74 Å². The quantitative estimate of drug-likeness (QED) is 0.513. The van der Waals surface area contributed by atoms with Crippen LogP contribution >= 0.6 is 0 Å². The molecule has 0 radical (unpaired) electrons. The molecule has 64 valence electrons. The summed E-state index contributed by atoms with van der Waals surface area (Å²) in [5.41, 5.74) is 0.450. The minimum Gasteiger partial charge on any atom is -0.379 e. The first-order valence-electron chi connectivity index (χ1n) is 4.28. The van der Waals surface area contributed by atoms with Gasteiger partial charge in [-0.3, -0.25) is 0 Å². The molecule has 2 fully saturated rings. The molecule has 0 atom stereocenters. The summed E-state index contributed by atoms with van der Waals surface area (Å²) in [7, 11) is 2.16. The Morgan fingerprint density at radius 1 is 1.45 bits per heavy atom. The summed E-state index contributed by atoms with van der Waals surface area (Å²) >= 11 is 0. The van der Waals surface area contributed by atoms with Crippen molar-refractivity contribution in [3.63, 3.8) is 0 Å². The van der Waals surface area contributed by atoms with Crippen LogP contribution in [0.15, 0.2) is 0 Å². The normalized spacial score (nSPS) is 31.4. The molecule has 0 aromatic heterocycles. The maximum Gasteiger partial charge on any atom is 0.0591 e. The molecular weight excluding hydrogens is 140 g/mol. The van der Waals surface area contributed by atoms with E-state index in [1.807, 2.05) is 0 Å². The van der Waals surface area contributed by atoms with Crippen molar-refractivity contribution in [1.29, 1.82) is 0 Å². The smallest absolute Gasteiger partial charge is 0.0591 e. The van der Waals surface area contributed by atoms with E-state index >= 15 is 0 Å². The predicted molar refractivity (Wildman–Crippen MR) is 43.6 cm³/mol. The van der Waals surface area contributed by atoms with Crippen LogP contribution in [0.25, 0.3) is 0 Å². The predicted octanol–water partition coefficient (Wildman–Crippen LogP) is -0.462. The SMILES string of the molecule is CN1CC2(CNCCOC2)C1. The summed E-state index contributed by atoms with van der Waals surface area (Å²) in [5.74, 6) is 0. The summed E-state index contributed by atoms with van der Waals surface area (Å²) < 4.78 is 5.51. The Kier molecular flexibility index (Phi) is 1.87. The minimum atomic E-state index is 0.450. The molecule has 0 bridgehead atoms. The first kappa shape index (κ1) is 7.53. The largest absolute Gasteiger partial charge is 0.379 e. The van der Waals surface area contributed by atoms with Gasteiger partial charge in [0.1, 0.15) is 0 Å². The van der Waals surface area contributed by atoms with Gasteiger partial charge in [0, 0.05) is 31.6 Å². The molecule has 0 aliphatic carbocycles. The zero-order chi connectivity index (χ0) is 7.73. The number of hydrogen-bond acceptors (Lipinski definition) is 3. The molecule has 2 rings (SSSR count). The number of nitrogens with one attached hydrogen (secondary N) is 1. The number of hydrogen-bond donors (Lipinski definition) is 1. The molecule has 3 nitrogen and oxygen atoms in total. The monoisotopic (exact) mass is 156 g/mol. The Morgan fingerprint density at radius 2 is 2.27 bits per heavy atom. The van der Waals surface area contributed by atoms with Gasteiger partial charge in [-0.1, -0.05) is 0 Å². The third-order valence-electron chi connectivity index (χ3n) is 2.54.